The van der Waals surface area contributed by atoms with E-state index in [0.717, 1.165) is 48.4 Å². The fraction of sp³-hybridized carbons (Fsp3) is 0.571. The number of aryl methyl sites for hydroxylation is 2. The lowest BCUT2D eigenvalue weighted by Gasteiger charge is -2.22. The van der Waals surface area contributed by atoms with Gasteiger partial charge in [-0.05, 0) is 75.1 Å². The largest absolute Gasteiger partial charge is 0.348 e. The number of carbonyl (C=O) groups is 1. The van der Waals surface area contributed by atoms with Gasteiger partial charge in [-0.2, -0.15) is 0 Å². The second-order valence-corrected chi connectivity index (χ2v) is 9.01. The third kappa shape index (κ3) is 7.79. The molecule has 1 aromatic carbocycles. The van der Waals surface area contributed by atoms with Gasteiger partial charge in [-0.25, -0.2) is 0 Å². The Kier molecular flexibility index (Phi) is 10.2. The van der Waals surface area contributed by atoms with Crippen LogP contribution in [-0.2, 0) is 17.6 Å². The molecule has 0 bridgehead atoms. The Balaban J connectivity index is 2.17. The van der Waals surface area contributed by atoms with Gasteiger partial charge in [0.2, 0.25) is 0 Å². The molecule has 3 heteroatoms. The van der Waals surface area contributed by atoms with E-state index < -0.39 is 0 Å². The van der Waals surface area contributed by atoms with Crippen LogP contribution >= 0.6 is 0 Å². The first kappa shape index (κ1) is 25.1. The van der Waals surface area contributed by atoms with Crippen LogP contribution in [0.1, 0.15) is 90.7 Å². The molecule has 0 amide bonds. The Morgan fingerprint density at radius 1 is 1.06 bits per heavy atom. The van der Waals surface area contributed by atoms with Crippen LogP contribution in [-0.4, -0.2) is 17.7 Å². The monoisotopic (exact) mass is 422 g/mol. The number of carbonyl (C=O) groups excluding carboxylic acids is 1. The van der Waals surface area contributed by atoms with E-state index in [1.807, 2.05) is 6.92 Å². The average Bonchev–Trinajstić information content (AvgIpc) is 2.78. The highest BCUT2D eigenvalue weighted by molar-refractivity contribution is 5.85. The minimum absolute atomic E-state index is 0.104. The summed E-state index contributed by atoms with van der Waals surface area (Å²) in [6, 6.07) is 9.37. The predicted octanol–water partition coefficient (Wildman–Crippen LogP) is 6.97. The minimum Gasteiger partial charge on any atom is -0.348 e. The van der Waals surface area contributed by atoms with Gasteiger partial charge in [0.25, 0.3) is 0 Å². The molecule has 0 spiro atoms. The minimum atomic E-state index is -0.104. The number of aliphatic imine (C=N–C) groups is 1. The van der Waals surface area contributed by atoms with Crippen molar-refractivity contribution < 1.29 is 4.79 Å². The molecule has 0 aliphatic heterocycles. The van der Waals surface area contributed by atoms with Gasteiger partial charge in [0.15, 0.2) is 0 Å². The molecule has 1 aliphatic carbocycles. The molecule has 31 heavy (non-hydrogen) atoms. The summed E-state index contributed by atoms with van der Waals surface area (Å²) in [4.78, 5) is 17.1. The lowest BCUT2D eigenvalue weighted by Crippen LogP contribution is -2.27. The zero-order valence-electron chi connectivity index (χ0n) is 20.4. The number of nitrogens with zero attached hydrogens (tertiary/aromatic N) is 1. The van der Waals surface area contributed by atoms with E-state index >= 15 is 0 Å². The van der Waals surface area contributed by atoms with Crippen molar-refractivity contribution in [1.82, 2.24) is 5.32 Å². The van der Waals surface area contributed by atoms with Gasteiger partial charge >= 0.3 is 0 Å². The van der Waals surface area contributed by atoms with Crippen molar-refractivity contribution in [3.8, 4) is 0 Å². The second-order valence-electron chi connectivity index (χ2n) is 9.01. The first-order chi connectivity index (χ1) is 14.8. The third-order valence-electron chi connectivity index (χ3n) is 6.69. The van der Waals surface area contributed by atoms with Gasteiger partial charge in [-0.3, -0.25) is 9.79 Å². The molecule has 3 nitrogen and oxygen atoms in total. The lowest BCUT2D eigenvalue weighted by atomic mass is 9.88. The van der Waals surface area contributed by atoms with Crippen LogP contribution in [0.4, 0.5) is 0 Å². The van der Waals surface area contributed by atoms with Crippen molar-refractivity contribution in [3.63, 3.8) is 0 Å². The molecule has 0 radical (unpaired) electrons. The van der Waals surface area contributed by atoms with Crippen LogP contribution < -0.4 is 5.32 Å². The smallest absolute Gasteiger partial charge is 0.137 e. The molecule has 0 saturated heterocycles. The van der Waals surface area contributed by atoms with E-state index in [0.29, 0.717) is 6.04 Å². The lowest BCUT2D eigenvalue weighted by molar-refractivity contribution is -0.119. The van der Waals surface area contributed by atoms with Crippen molar-refractivity contribution in [2.24, 2.45) is 10.9 Å². The van der Waals surface area contributed by atoms with Gasteiger partial charge in [-0.15, -0.1) is 0 Å². The number of allylic oxidation sites excluding steroid dienone is 3. The Morgan fingerprint density at radius 2 is 1.68 bits per heavy atom. The van der Waals surface area contributed by atoms with E-state index in [1.165, 1.54) is 43.2 Å². The average molecular weight is 423 g/mol. The number of hydrogen-bond donors (Lipinski definition) is 1. The highest BCUT2D eigenvalue weighted by Gasteiger charge is 2.19. The first-order valence-electron chi connectivity index (χ1n) is 12.1. The summed E-state index contributed by atoms with van der Waals surface area (Å²) in [6.07, 6.45) is 9.99. The molecule has 2 rings (SSSR count). The first-order valence-corrected chi connectivity index (χ1v) is 12.1. The summed E-state index contributed by atoms with van der Waals surface area (Å²) < 4.78 is 0. The van der Waals surface area contributed by atoms with Gasteiger partial charge in [-0.1, -0.05) is 64.0 Å². The van der Waals surface area contributed by atoms with Gasteiger partial charge in [0.1, 0.15) is 11.6 Å². The quantitative estimate of drug-likeness (QED) is 0.251. The molecule has 1 aromatic rings. The molecule has 1 atom stereocenters. The topological polar surface area (TPSA) is 41.5 Å². The number of Topliss-reactive ketones (excluding diaryl/α,β-unsaturated/α-hetero) is 1. The molecule has 1 fully saturated rings. The fourth-order valence-corrected chi connectivity index (χ4v) is 4.39. The summed E-state index contributed by atoms with van der Waals surface area (Å²) in [7, 11) is 0. The zero-order valence-corrected chi connectivity index (χ0v) is 20.4. The highest BCUT2D eigenvalue weighted by Crippen LogP contribution is 2.24. The zero-order chi connectivity index (χ0) is 22.8. The molecule has 1 saturated carbocycles. The molecule has 1 unspecified atom stereocenters. The maximum atomic E-state index is 12.0. The van der Waals surface area contributed by atoms with Crippen molar-refractivity contribution in [2.45, 2.75) is 98.4 Å². The van der Waals surface area contributed by atoms with Crippen LogP contribution in [0.25, 0.3) is 0 Å². The maximum absolute atomic E-state index is 12.0. The normalized spacial score (nSPS) is 17.1. The Bertz CT molecular complexity index is 795. The number of amidine groups is 1. The van der Waals surface area contributed by atoms with Crippen LogP contribution in [0, 0.1) is 5.92 Å². The van der Waals surface area contributed by atoms with Gasteiger partial charge in [0.05, 0.1) is 6.04 Å². The number of rotatable bonds is 10. The van der Waals surface area contributed by atoms with Gasteiger partial charge in [0, 0.05) is 18.0 Å². The SMILES string of the molecule is C=C(/C(C)=C(\C)NC(CCc1ccc(CC)cc1)=NC1CCCCC1)C(CC)C(C)=O. The summed E-state index contributed by atoms with van der Waals surface area (Å²) in [5, 5.41) is 3.61. The van der Waals surface area contributed by atoms with E-state index in [2.05, 4.69) is 56.9 Å². The third-order valence-corrected chi connectivity index (χ3v) is 6.69. The molecule has 0 aromatic heterocycles. The summed E-state index contributed by atoms with van der Waals surface area (Å²) in [5.41, 5.74) is 5.78. The van der Waals surface area contributed by atoms with Crippen molar-refractivity contribution in [3.05, 3.63) is 58.8 Å². The number of benzene rings is 1. The van der Waals surface area contributed by atoms with Gasteiger partial charge < -0.3 is 5.32 Å². The standard InChI is InChI=1S/C28H42N2O/c1-7-24-14-16-25(17-15-24)18-19-28(30-26-12-10-9-11-13-26)29-22(5)20(3)21(4)27(8-2)23(6)31/h14-17,26-27H,4,7-13,18-19H2,1-3,5-6H3,(H,29,30)/b22-20+. The fourth-order valence-electron chi connectivity index (χ4n) is 4.39. The summed E-state index contributed by atoms with van der Waals surface area (Å²) in [6.45, 7) is 14.3. The van der Waals surface area contributed by atoms with Crippen LogP contribution in [0.3, 0.4) is 0 Å². The van der Waals surface area contributed by atoms with Crippen LogP contribution in [0.15, 0.2) is 52.7 Å². The molecule has 0 heterocycles. The maximum Gasteiger partial charge on any atom is 0.137 e. The van der Waals surface area contributed by atoms with E-state index in [1.54, 1.807) is 6.92 Å². The van der Waals surface area contributed by atoms with E-state index in [9.17, 15) is 4.79 Å². The molecular weight excluding hydrogens is 380 g/mol. The number of nitrogens with one attached hydrogen (secondary N) is 1. The second kappa shape index (κ2) is 12.6. The van der Waals surface area contributed by atoms with Crippen LogP contribution in [0.2, 0.25) is 0 Å². The molecule has 1 N–H and O–H groups in total. The van der Waals surface area contributed by atoms with E-state index in [4.69, 9.17) is 4.99 Å². The van der Waals surface area contributed by atoms with E-state index in [-0.39, 0.29) is 11.7 Å². The molecule has 170 valence electrons. The number of ketones is 1. The summed E-state index contributed by atoms with van der Waals surface area (Å²) >= 11 is 0. The Hall–Kier alpha value is -2.16. The molecular formula is C28H42N2O. The van der Waals surface area contributed by atoms with Crippen molar-refractivity contribution >= 4 is 11.6 Å². The van der Waals surface area contributed by atoms with Crippen LogP contribution in [0.5, 0.6) is 0 Å². The highest BCUT2D eigenvalue weighted by atomic mass is 16.1. The van der Waals surface area contributed by atoms with Crippen molar-refractivity contribution in [1.29, 1.82) is 0 Å². The predicted molar refractivity (Wildman–Crippen MR) is 134 cm³/mol. The molecule has 1 aliphatic rings. The van der Waals surface area contributed by atoms with Crippen molar-refractivity contribution in [2.75, 3.05) is 0 Å². The summed E-state index contributed by atoms with van der Waals surface area (Å²) in [5.74, 6) is 1.14. The Morgan fingerprint density at radius 3 is 2.23 bits per heavy atom. The number of hydrogen-bond acceptors (Lipinski definition) is 2. The Labute approximate surface area is 190 Å².